The summed E-state index contributed by atoms with van der Waals surface area (Å²) in [6.45, 7) is 3.99. The first-order chi connectivity index (χ1) is 11.6. The Kier molecular flexibility index (Phi) is 3.96. The van der Waals surface area contributed by atoms with Gasteiger partial charge in [0.05, 0.1) is 16.0 Å². The fraction of sp³-hybridized carbons (Fsp3) is 0.471. The van der Waals surface area contributed by atoms with Crippen LogP contribution in [-0.2, 0) is 0 Å². The van der Waals surface area contributed by atoms with Gasteiger partial charge in [0.1, 0.15) is 23.6 Å². The molecule has 0 spiro atoms. The van der Waals surface area contributed by atoms with Crippen LogP contribution >= 0.6 is 11.8 Å². The number of hydrogen-bond donors (Lipinski definition) is 1. The lowest BCUT2D eigenvalue weighted by atomic mass is 9.81. The van der Waals surface area contributed by atoms with Crippen LogP contribution in [0.4, 0.5) is 5.82 Å². The first-order valence-electron chi connectivity index (χ1n) is 8.20. The molecule has 4 rings (SSSR count). The van der Waals surface area contributed by atoms with E-state index in [9.17, 15) is 0 Å². The number of rotatable bonds is 5. The number of nitrogens with one attached hydrogen (secondary N) is 1. The monoisotopic (exact) mass is 343 g/mol. The van der Waals surface area contributed by atoms with Gasteiger partial charge in [0.15, 0.2) is 0 Å². The number of hydrogen-bond acceptors (Lipinski definition) is 6. The van der Waals surface area contributed by atoms with Gasteiger partial charge in [-0.3, -0.25) is 0 Å². The highest BCUT2D eigenvalue weighted by Gasteiger charge is 2.33. The fourth-order valence-electron chi connectivity index (χ4n) is 3.35. The third kappa shape index (κ3) is 2.66. The number of anilines is 1. The summed E-state index contributed by atoms with van der Waals surface area (Å²) in [5.41, 5.74) is 1.90. The van der Waals surface area contributed by atoms with Crippen molar-refractivity contribution in [2.24, 2.45) is 5.92 Å². The molecule has 0 radical (unpaired) electrons. The predicted molar refractivity (Wildman–Crippen MR) is 95.5 cm³/mol. The Labute approximate surface area is 145 Å². The van der Waals surface area contributed by atoms with E-state index in [0.717, 1.165) is 40.0 Å². The normalized spacial score (nSPS) is 20.3. The van der Waals surface area contributed by atoms with Crippen molar-refractivity contribution in [1.29, 1.82) is 0 Å². The standard InChI is InChI=1S/C17H21N5OS/c1-10-15(11(2)23-21-10)24-8-12-6-13(7-12)22(3)17-14-4-5-18-16(14)19-9-20-17/h4-5,9,12-13H,6-8H2,1-3H3,(H,18,19,20). The summed E-state index contributed by atoms with van der Waals surface area (Å²) >= 11 is 1.87. The van der Waals surface area contributed by atoms with E-state index in [1.807, 2.05) is 37.9 Å². The van der Waals surface area contributed by atoms with Crippen LogP contribution in [0.2, 0.25) is 0 Å². The SMILES string of the molecule is Cc1noc(C)c1SCC1CC(N(C)c2ncnc3[nH]ccc23)C1. The maximum Gasteiger partial charge on any atom is 0.147 e. The summed E-state index contributed by atoms with van der Waals surface area (Å²) in [5, 5.41) is 5.11. The van der Waals surface area contributed by atoms with E-state index in [-0.39, 0.29) is 0 Å². The van der Waals surface area contributed by atoms with Crippen LogP contribution < -0.4 is 4.90 Å². The summed E-state index contributed by atoms with van der Waals surface area (Å²) in [4.78, 5) is 15.4. The number of thioether (sulfide) groups is 1. The molecule has 1 saturated carbocycles. The van der Waals surface area contributed by atoms with Gasteiger partial charge in [0, 0.05) is 25.0 Å². The molecule has 3 heterocycles. The second-order valence-electron chi connectivity index (χ2n) is 6.50. The van der Waals surface area contributed by atoms with Crippen LogP contribution in [0, 0.1) is 19.8 Å². The molecule has 0 atom stereocenters. The van der Waals surface area contributed by atoms with Gasteiger partial charge in [-0.1, -0.05) is 5.16 Å². The first-order valence-corrected chi connectivity index (χ1v) is 9.18. The van der Waals surface area contributed by atoms with Crippen molar-refractivity contribution in [3.05, 3.63) is 30.0 Å². The lowest BCUT2D eigenvalue weighted by Crippen LogP contribution is -2.43. The van der Waals surface area contributed by atoms with Crippen molar-refractivity contribution in [3.63, 3.8) is 0 Å². The van der Waals surface area contributed by atoms with Gasteiger partial charge in [0.2, 0.25) is 0 Å². The molecule has 0 saturated heterocycles. The Hall–Kier alpha value is -2.02. The molecule has 3 aromatic heterocycles. The summed E-state index contributed by atoms with van der Waals surface area (Å²) in [5.74, 6) is 3.81. The third-order valence-corrected chi connectivity index (χ3v) is 6.37. The first kappa shape index (κ1) is 15.5. The van der Waals surface area contributed by atoms with E-state index >= 15 is 0 Å². The lowest BCUT2D eigenvalue weighted by molar-refractivity contribution is 0.286. The van der Waals surface area contributed by atoms with Crippen molar-refractivity contribution >= 4 is 28.6 Å². The number of fused-ring (bicyclic) bond motifs is 1. The van der Waals surface area contributed by atoms with Crippen molar-refractivity contribution in [1.82, 2.24) is 20.1 Å². The maximum absolute atomic E-state index is 5.23. The highest BCUT2D eigenvalue weighted by Crippen LogP contribution is 2.39. The maximum atomic E-state index is 5.23. The van der Waals surface area contributed by atoms with E-state index < -0.39 is 0 Å². The molecule has 0 unspecified atom stereocenters. The summed E-state index contributed by atoms with van der Waals surface area (Å²) < 4.78 is 5.23. The van der Waals surface area contributed by atoms with Gasteiger partial charge in [-0.05, 0) is 38.7 Å². The molecule has 1 N–H and O–H groups in total. The summed E-state index contributed by atoms with van der Waals surface area (Å²) in [6, 6.07) is 2.60. The number of H-pyrrole nitrogens is 1. The molecule has 1 aliphatic carbocycles. The Bertz CT molecular complexity index is 832. The largest absolute Gasteiger partial charge is 0.360 e. The van der Waals surface area contributed by atoms with Gasteiger partial charge in [-0.2, -0.15) is 0 Å². The average Bonchev–Trinajstić information content (AvgIpc) is 3.13. The van der Waals surface area contributed by atoms with Crippen LogP contribution in [0.15, 0.2) is 28.0 Å². The molecule has 24 heavy (non-hydrogen) atoms. The van der Waals surface area contributed by atoms with E-state index in [2.05, 4.69) is 32.1 Å². The van der Waals surface area contributed by atoms with E-state index in [1.165, 1.54) is 17.7 Å². The highest BCUT2D eigenvalue weighted by atomic mass is 32.2. The van der Waals surface area contributed by atoms with Crippen molar-refractivity contribution in [2.75, 3.05) is 17.7 Å². The minimum atomic E-state index is 0.549. The third-order valence-electron chi connectivity index (χ3n) is 4.86. The quantitative estimate of drug-likeness (QED) is 0.714. The van der Waals surface area contributed by atoms with Gasteiger partial charge in [-0.15, -0.1) is 11.8 Å². The van der Waals surface area contributed by atoms with Gasteiger partial charge >= 0.3 is 0 Å². The van der Waals surface area contributed by atoms with E-state index in [4.69, 9.17) is 4.52 Å². The molecule has 1 aliphatic rings. The minimum absolute atomic E-state index is 0.549. The van der Waals surface area contributed by atoms with E-state index in [1.54, 1.807) is 6.33 Å². The molecule has 3 aromatic rings. The van der Waals surface area contributed by atoms with Crippen LogP contribution in [-0.4, -0.2) is 39.0 Å². The summed E-state index contributed by atoms with van der Waals surface area (Å²) in [6.07, 6.45) is 5.94. The van der Waals surface area contributed by atoms with Gasteiger partial charge in [0.25, 0.3) is 0 Å². The Morgan fingerprint density at radius 3 is 2.92 bits per heavy atom. The number of aromatic nitrogens is 4. The fourth-order valence-corrected chi connectivity index (χ4v) is 4.51. The molecule has 0 aliphatic heterocycles. The molecule has 126 valence electrons. The Morgan fingerprint density at radius 2 is 2.17 bits per heavy atom. The molecular formula is C17H21N5OS. The van der Waals surface area contributed by atoms with Crippen LogP contribution in [0.5, 0.6) is 0 Å². The predicted octanol–water partition coefficient (Wildman–Crippen LogP) is 3.57. The minimum Gasteiger partial charge on any atom is -0.360 e. The van der Waals surface area contributed by atoms with Crippen LogP contribution in [0.3, 0.4) is 0 Å². The average molecular weight is 343 g/mol. The molecule has 0 aromatic carbocycles. The zero-order chi connectivity index (χ0) is 16.7. The van der Waals surface area contributed by atoms with Crippen molar-refractivity contribution in [3.8, 4) is 0 Å². The molecule has 1 fully saturated rings. The summed E-state index contributed by atoms with van der Waals surface area (Å²) in [7, 11) is 2.14. The van der Waals surface area contributed by atoms with Gasteiger partial charge < -0.3 is 14.4 Å². The Morgan fingerprint density at radius 1 is 1.33 bits per heavy atom. The lowest BCUT2D eigenvalue weighted by Gasteiger charge is -2.41. The highest BCUT2D eigenvalue weighted by molar-refractivity contribution is 7.99. The second-order valence-corrected chi connectivity index (χ2v) is 7.53. The van der Waals surface area contributed by atoms with Crippen LogP contribution in [0.25, 0.3) is 11.0 Å². The molecule has 6 nitrogen and oxygen atoms in total. The second kappa shape index (κ2) is 6.12. The Balaban J connectivity index is 1.36. The van der Waals surface area contributed by atoms with Gasteiger partial charge in [-0.25, -0.2) is 9.97 Å². The molecule has 0 amide bonds. The topological polar surface area (TPSA) is 70.8 Å². The number of nitrogens with zero attached hydrogens (tertiary/aromatic N) is 4. The molecule has 7 heteroatoms. The zero-order valence-electron chi connectivity index (χ0n) is 14.1. The number of aryl methyl sites for hydroxylation is 2. The zero-order valence-corrected chi connectivity index (χ0v) is 14.9. The van der Waals surface area contributed by atoms with Crippen molar-refractivity contribution < 1.29 is 4.52 Å². The van der Waals surface area contributed by atoms with Crippen molar-refractivity contribution in [2.45, 2.75) is 37.6 Å². The van der Waals surface area contributed by atoms with Crippen LogP contribution in [0.1, 0.15) is 24.3 Å². The smallest absolute Gasteiger partial charge is 0.147 e. The molecule has 0 bridgehead atoms. The molecular weight excluding hydrogens is 322 g/mol. The number of aromatic amines is 1. The van der Waals surface area contributed by atoms with E-state index in [0.29, 0.717) is 6.04 Å².